The Hall–Kier alpha value is -2.51. The van der Waals surface area contributed by atoms with Crippen molar-refractivity contribution in [1.82, 2.24) is 20.3 Å². The molecule has 155 valence electrons. The molecule has 3 aromatic rings. The number of anilines is 1. The number of methoxy groups -OCH3 is 1. The van der Waals surface area contributed by atoms with Gasteiger partial charge in [0.15, 0.2) is 11.5 Å². The Bertz CT molecular complexity index is 991. The Balaban J connectivity index is 1.62. The van der Waals surface area contributed by atoms with E-state index in [4.69, 9.17) is 9.72 Å². The second-order valence-corrected chi connectivity index (χ2v) is 8.87. The van der Waals surface area contributed by atoms with Gasteiger partial charge in [0.25, 0.3) is 0 Å². The van der Waals surface area contributed by atoms with Gasteiger partial charge in [0.1, 0.15) is 5.75 Å². The summed E-state index contributed by atoms with van der Waals surface area (Å²) < 4.78 is 5.35. The van der Waals surface area contributed by atoms with E-state index in [2.05, 4.69) is 38.6 Å². The molecule has 1 saturated heterocycles. The van der Waals surface area contributed by atoms with Crippen LogP contribution in [0.2, 0.25) is 0 Å². The zero-order valence-corrected chi connectivity index (χ0v) is 18.0. The number of nitrogens with one attached hydrogen (secondary N) is 1. The van der Waals surface area contributed by atoms with E-state index in [-0.39, 0.29) is 0 Å². The van der Waals surface area contributed by atoms with Gasteiger partial charge in [0, 0.05) is 43.5 Å². The van der Waals surface area contributed by atoms with E-state index in [0.717, 1.165) is 58.9 Å². The topological polar surface area (TPSA) is 63.2 Å². The number of aromatic nitrogens is 3. The largest absolute Gasteiger partial charge is 0.497 e. The summed E-state index contributed by atoms with van der Waals surface area (Å²) in [6, 6.07) is 8.15. The van der Waals surface area contributed by atoms with Gasteiger partial charge >= 0.3 is 0 Å². The SMILES string of the molecule is COc1ccc(-c2nc(N3CCNCC3)sc2-c2n[c]ncc2C2CCCC2)cc1. The summed E-state index contributed by atoms with van der Waals surface area (Å²) in [7, 11) is 1.69. The second kappa shape index (κ2) is 8.70. The van der Waals surface area contributed by atoms with Gasteiger partial charge in [-0.1, -0.05) is 24.2 Å². The highest BCUT2D eigenvalue weighted by Crippen LogP contribution is 2.44. The minimum Gasteiger partial charge on any atom is -0.497 e. The summed E-state index contributed by atoms with van der Waals surface area (Å²) in [6.45, 7) is 3.92. The monoisotopic (exact) mass is 420 g/mol. The van der Waals surface area contributed by atoms with Gasteiger partial charge in [-0.2, -0.15) is 0 Å². The maximum Gasteiger partial charge on any atom is 0.198 e. The third kappa shape index (κ3) is 3.79. The molecular formula is C23H26N5OS. The van der Waals surface area contributed by atoms with Gasteiger partial charge in [0.2, 0.25) is 0 Å². The van der Waals surface area contributed by atoms with Gasteiger partial charge in [-0.05, 0) is 43.0 Å². The number of piperazine rings is 1. The molecule has 0 unspecified atom stereocenters. The minimum atomic E-state index is 0.531. The van der Waals surface area contributed by atoms with Crippen molar-refractivity contribution in [2.75, 3.05) is 38.2 Å². The van der Waals surface area contributed by atoms with E-state index >= 15 is 0 Å². The maximum atomic E-state index is 5.35. The van der Waals surface area contributed by atoms with Crippen molar-refractivity contribution < 1.29 is 4.74 Å². The third-order valence-corrected chi connectivity index (χ3v) is 7.20. The van der Waals surface area contributed by atoms with E-state index in [0.29, 0.717) is 5.92 Å². The summed E-state index contributed by atoms with van der Waals surface area (Å²) in [5.74, 6) is 1.38. The van der Waals surface area contributed by atoms with Crippen LogP contribution in [0.5, 0.6) is 5.75 Å². The predicted octanol–water partition coefficient (Wildman–Crippen LogP) is 4.14. The summed E-state index contributed by atoms with van der Waals surface area (Å²) >= 11 is 1.74. The van der Waals surface area contributed by atoms with Crippen molar-refractivity contribution in [2.24, 2.45) is 0 Å². The molecule has 1 saturated carbocycles. The molecule has 2 aliphatic rings. The average Bonchev–Trinajstić information content (AvgIpc) is 3.50. The molecule has 3 heterocycles. The number of thiazole rings is 1. The number of ether oxygens (including phenoxy) is 1. The fourth-order valence-electron chi connectivity index (χ4n) is 4.43. The lowest BCUT2D eigenvalue weighted by atomic mass is 9.96. The molecular weight excluding hydrogens is 394 g/mol. The van der Waals surface area contributed by atoms with Crippen LogP contribution in [0.3, 0.4) is 0 Å². The number of hydrogen-bond donors (Lipinski definition) is 1. The van der Waals surface area contributed by atoms with E-state index in [9.17, 15) is 0 Å². The van der Waals surface area contributed by atoms with E-state index in [1.54, 1.807) is 18.4 Å². The molecule has 0 spiro atoms. The van der Waals surface area contributed by atoms with Crippen molar-refractivity contribution >= 4 is 16.5 Å². The Morgan fingerprint density at radius 3 is 2.60 bits per heavy atom. The zero-order chi connectivity index (χ0) is 20.3. The Morgan fingerprint density at radius 1 is 1.10 bits per heavy atom. The van der Waals surface area contributed by atoms with Crippen LogP contribution in [0.15, 0.2) is 30.5 Å². The van der Waals surface area contributed by atoms with Crippen LogP contribution < -0.4 is 15.0 Å². The van der Waals surface area contributed by atoms with Crippen LogP contribution in [0, 0.1) is 6.33 Å². The third-order valence-electron chi connectivity index (χ3n) is 6.07. The molecule has 1 N–H and O–H groups in total. The molecule has 1 aromatic carbocycles. The molecule has 2 aromatic heterocycles. The van der Waals surface area contributed by atoms with Gasteiger partial charge in [-0.15, -0.1) is 0 Å². The smallest absolute Gasteiger partial charge is 0.198 e. The summed E-state index contributed by atoms with van der Waals surface area (Å²) in [5.41, 5.74) is 4.32. The van der Waals surface area contributed by atoms with Crippen molar-refractivity contribution in [2.45, 2.75) is 31.6 Å². The molecule has 1 aliphatic heterocycles. The zero-order valence-electron chi connectivity index (χ0n) is 17.2. The maximum absolute atomic E-state index is 5.35. The Labute approximate surface area is 181 Å². The highest BCUT2D eigenvalue weighted by atomic mass is 32.1. The van der Waals surface area contributed by atoms with Crippen LogP contribution in [-0.2, 0) is 0 Å². The number of benzene rings is 1. The molecule has 2 fully saturated rings. The Morgan fingerprint density at radius 2 is 1.87 bits per heavy atom. The van der Waals surface area contributed by atoms with Crippen LogP contribution in [0.25, 0.3) is 21.8 Å². The lowest BCUT2D eigenvalue weighted by molar-refractivity contribution is 0.415. The van der Waals surface area contributed by atoms with Gasteiger partial charge in [0.05, 0.1) is 23.4 Å². The number of nitrogens with zero attached hydrogens (tertiary/aromatic N) is 4. The lowest BCUT2D eigenvalue weighted by Crippen LogP contribution is -2.43. The molecule has 5 rings (SSSR count). The molecule has 7 heteroatoms. The van der Waals surface area contributed by atoms with Crippen molar-refractivity contribution in [3.05, 3.63) is 42.4 Å². The fraction of sp³-hybridized carbons (Fsp3) is 0.435. The predicted molar refractivity (Wildman–Crippen MR) is 120 cm³/mol. The number of hydrogen-bond acceptors (Lipinski definition) is 7. The first-order valence-corrected chi connectivity index (χ1v) is 11.5. The molecule has 1 radical (unpaired) electrons. The minimum absolute atomic E-state index is 0.531. The lowest BCUT2D eigenvalue weighted by Gasteiger charge is -2.26. The van der Waals surface area contributed by atoms with E-state index in [1.807, 2.05) is 18.3 Å². The molecule has 30 heavy (non-hydrogen) atoms. The quantitative estimate of drug-likeness (QED) is 0.669. The summed E-state index contributed by atoms with van der Waals surface area (Å²) in [4.78, 5) is 17.5. The first kappa shape index (κ1) is 19.5. The summed E-state index contributed by atoms with van der Waals surface area (Å²) in [6.07, 6.45) is 9.80. The van der Waals surface area contributed by atoms with Crippen molar-refractivity contribution in [1.29, 1.82) is 0 Å². The fourth-order valence-corrected chi connectivity index (χ4v) is 5.58. The molecule has 6 nitrogen and oxygen atoms in total. The summed E-state index contributed by atoms with van der Waals surface area (Å²) in [5, 5.41) is 4.49. The average molecular weight is 421 g/mol. The van der Waals surface area contributed by atoms with Crippen LogP contribution in [-0.4, -0.2) is 48.2 Å². The number of rotatable bonds is 5. The molecule has 1 aliphatic carbocycles. The first-order valence-electron chi connectivity index (χ1n) is 10.7. The van der Waals surface area contributed by atoms with Crippen LogP contribution in [0.1, 0.15) is 37.2 Å². The highest BCUT2D eigenvalue weighted by molar-refractivity contribution is 7.19. The van der Waals surface area contributed by atoms with Crippen molar-refractivity contribution in [3.63, 3.8) is 0 Å². The molecule has 0 bridgehead atoms. The first-order chi connectivity index (χ1) is 14.8. The standard InChI is InChI=1S/C23H26N5OS/c1-29-18-8-6-17(7-9-18)20-22(30-23(27-20)28-12-10-24-11-13-28)21-19(14-25-15-26-21)16-4-2-3-5-16/h6-9,14,16,24H,2-5,10-13H2,1H3. The van der Waals surface area contributed by atoms with Gasteiger partial charge in [-0.3, -0.25) is 0 Å². The van der Waals surface area contributed by atoms with Gasteiger partial charge < -0.3 is 15.0 Å². The van der Waals surface area contributed by atoms with Gasteiger partial charge in [-0.25, -0.2) is 15.0 Å². The Kier molecular flexibility index (Phi) is 5.64. The molecule has 0 amide bonds. The second-order valence-electron chi connectivity index (χ2n) is 7.90. The van der Waals surface area contributed by atoms with Crippen LogP contribution in [0.4, 0.5) is 5.13 Å². The van der Waals surface area contributed by atoms with E-state index < -0.39 is 0 Å². The highest BCUT2D eigenvalue weighted by Gasteiger charge is 2.26. The van der Waals surface area contributed by atoms with Crippen LogP contribution >= 0.6 is 11.3 Å². The normalized spacial score (nSPS) is 17.4. The van der Waals surface area contributed by atoms with Crippen molar-refractivity contribution in [3.8, 4) is 27.6 Å². The van der Waals surface area contributed by atoms with E-state index in [1.165, 1.54) is 31.2 Å². The molecule has 0 atom stereocenters.